The number of fused-ring (bicyclic) bond motifs is 1. The van der Waals surface area contributed by atoms with Gasteiger partial charge in [-0.15, -0.1) is 0 Å². The summed E-state index contributed by atoms with van der Waals surface area (Å²) < 4.78 is 6.80. The molecule has 0 aromatic carbocycles. The van der Waals surface area contributed by atoms with E-state index >= 15 is 0 Å². The first kappa shape index (κ1) is 13.1. The molecular formula is C14H21NO3. The number of carbonyl (C=O) groups is 1. The molecule has 2 rings (SSSR count). The average molecular weight is 251 g/mol. The minimum atomic E-state index is -0.554. The second-order valence-electron chi connectivity index (χ2n) is 5.69. The minimum absolute atomic E-state index is 0.213. The third-order valence-corrected chi connectivity index (χ3v) is 3.60. The van der Waals surface area contributed by atoms with E-state index in [-0.39, 0.29) is 12.1 Å². The number of carbonyl (C=O) groups excluding carboxylic acids is 1. The predicted octanol–water partition coefficient (Wildman–Crippen LogP) is 2.06. The third kappa shape index (κ3) is 2.43. The molecule has 0 spiro atoms. The molecule has 100 valence electrons. The van der Waals surface area contributed by atoms with Crippen molar-refractivity contribution in [3.05, 3.63) is 23.5 Å². The Kier molecular flexibility index (Phi) is 3.48. The SMILES string of the molecule is COC(=O)C(C)(C)Cn1cc2c(c1)C(O)CCC2. The molecule has 0 saturated carbocycles. The highest BCUT2D eigenvalue weighted by atomic mass is 16.5. The van der Waals surface area contributed by atoms with Crippen LogP contribution in [0.15, 0.2) is 12.4 Å². The molecule has 0 aliphatic heterocycles. The second-order valence-corrected chi connectivity index (χ2v) is 5.69. The van der Waals surface area contributed by atoms with Crippen LogP contribution in [0.3, 0.4) is 0 Å². The van der Waals surface area contributed by atoms with Crippen molar-refractivity contribution in [1.82, 2.24) is 4.57 Å². The van der Waals surface area contributed by atoms with E-state index in [0.717, 1.165) is 24.8 Å². The molecule has 1 aromatic rings. The standard InChI is InChI=1S/C14H21NO3/c1-14(2,13(17)18-3)9-15-7-10-5-4-6-12(16)11(10)8-15/h7-8,12,16H,4-6,9H2,1-3H3. The monoisotopic (exact) mass is 251 g/mol. The molecule has 1 unspecified atom stereocenters. The topological polar surface area (TPSA) is 51.5 Å². The Labute approximate surface area is 108 Å². The molecule has 1 atom stereocenters. The van der Waals surface area contributed by atoms with Crippen LogP contribution >= 0.6 is 0 Å². The fourth-order valence-corrected chi connectivity index (χ4v) is 2.61. The lowest BCUT2D eigenvalue weighted by molar-refractivity contribution is -0.151. The fourth-order valence-electron chi connectivity index (χ4n) is 2.61. The quantitative estimate of drug-likeness (QED) is 0.837. The van der Waals surface area contributed by atoms with E-state index < -0.39 is 5.41 Å². The van der Waals surface area contributed by atoms with Crippen LogP contribution in [0, 0.1) is 5.41 Å². The van der Waals surface area contributed by atoms with E-state index in [1.807, 2.05) is 30.8 Å². The van der Waals surface area contributed by atoms with Gasteiger partial charge in [-0.3, -0.25) is 4.79 Å². The first-order valence-electron chi connectivity index (χ1n) is 6.39. The molecule has 0 amide bonds. The maximum absolute atomic E-state index is 11.7. The third-order valence-electron chi connectivity index (χ3n) is 3.60. The number of aliphatic hydroxyl groups excluding tert-OH is 1. The maximum atomic E-state index is 11.7. The fraction of sp³-hybridized carbons (Fsp3) is 0.643. The number of ether oxygens (including phenoxy) is 1. The van der Waals surface area contributed by atoms with E-state index in [4.69, 9.17) is 4.74 Å². The van der Waals surface area contributed by atoms with E-state index in [0.29, 0.717) is 6.54 Å². The molecule has 0 radical (unpaired) electrons. The van der Waals surface area contributed by atoms with Crippen LogP contribution < -0.4 is 0 Å². The predicted molar refractivity (Wildman–Crippen MR) is 68.1 cm³/mol. The summed E-state index contributed by atoms with van der Waals surface area (Å²) in [4.78, 5) is 11.7. The molecule has 1 aliphatic carbocycles. The van der Waals surface area contributed by atoms with E-state index in [9.17, 15) is 9.90 Å². The number of methoxy groups -OCH3 is 1. The molecule has 1 aliphatic rings. The van der Waals surface area contributed by atoms with Gasteiger partial charge in [0.05, 0.1) is 18.6 Å². The Morgan fingerprint density at radius 2 is 2.28 bits per heavy atom. The van der Waals surface area contributed by atoms with Crippen LogP contribution in [0.2, 0.25) is 0 Å². The maximum Gasteiger partial charge on any atom is 0.313 e. The van der Waals surface area contributed by atoms with Gasteiger partial charge >= 0.3 is 5.97 Å². The summed E-state index contributed by atoms with van der Waals surface area (Å²) >= 11 is 0. The smallest absolute Gasteiger partial charge is 0.313 e. The molecule has 1 aromatic heterocycles. The normalized spacial score (nSPS) is 19.4. The second kappa shape index (κ2) is 4.76. The summed E-state index contributed by atoms with van der Waals surface area (Å²) in [5.74, 6) is -0.213. The zero-order chi connectivity index (χ0) is 13.3. The van der Waals surface area contributed by atoms with Crippen molar-refractivity contribution in [3.8, 4) is 0 Å². The van der Waals surface area contributed by atoms with E-state index in [2.05, 4.69) is 0 Å². The van der Waals surface area contributed by atoms with Crippen molar-refractivity contribution < 1.29 is 14.6 Å². The van der Waals surface area contributed by atoms with Gasteiger partial charge in [0.25, 0.3) is 0 Å². The highest BCUT2D eigenvalue weighted by Crippen LogP contribution is 2.31. The first-order chi connectivity index (χ1) is 8.44. The van der Waals surface area contributed by atoms with E-state index in [1.54, 1.807) is 0 Å². The molecule has 1 N–H and O–H groups in total. The largest absolute Gasteiger partial charge is 0.469 e. The number of aliphatic hydroxyl groups is 1. The number of hydrogen-bond acceptors (Lipinski definition) is 3. The molecule has 4 nitrogen and oxygen atoms in total. The van der Waals surface area contributed by atoms with Crippen molar-refractivity contribution in [2.45, 2.75) is 45.8 Å². The van der Waals surface area contributed by atoms with Crippen molar-refractivity contribution in [2.24, 2.45) is 5.41 Å². The number of nitrogens with zero attached hydrogens (tertiary/aromatic N) is 1. The average Bonchev–Trinajstić information content (AvgIpc) is 2.71. The number of aromatic nitrogens is 1. The lowest BCUT2D eigenvalue weighted by Crippen LogP contribution is -2.30. The summed E-state index contributed by atoms with van der Waals surface area (Å²) in [6.07, 6.45) is 6.52. The Hall–Kier alpha value is -1.29. The van der Waals surface area contributed by atoms with Crippen molar-refractivity contribution in [3.63, 3.8) is 0 Å². The van der Waals surface area contributed by atoms with Crippen LogP contribution in [0.1, 0.15) is 43.9 Å². The molecule has 4 heteroatoms. The molecule has 18 heavy (non-hydrogen) atoms. The van der Waals surface area contributed by atoms with Gasteiger partial charge in [-0.1, -0.05) is 0 Å². The van der Waals surface area contributed by atoms with Gasteiger partial charge in [-0.25, -0.2) is 0 Å². The minimum Gasteiger partial charge on any atom is -0.469 e. The van der Waals surface area contributed by atoms with Crippen LogP contribution in [-0.2, 0) is 22.5 Å². The molecule has 0 fully saturated rings. The summed E-state index contributed by atoms with van der Waals surface area (Å²) in [7, 11) is 1.41. The van der Waals surface area contributed by atoms with Crippen LogP contribution in [0.4, 0.5) is 0 Å². The lowest BCUT2D eigenvalue weighted by Gasteiger charge is -2.21. The first-order valence-corrected chi connectivity index (χ1v) is 6.39. The summed E-state index contributed by atoms with van der Waals surface area (Å²) in [6.45, 7) is 4.31. The van der Waals surface area contributed by atoms with Crippen molar-refractivity contribution in [2.75, 3.05) is 7.11 Å². The van der Waals surface area contributed by atoms with Gasteiger partial charge in [-0.2, -0.15) is 0 Å². The van der Waals surface area contributed by atoms with Gasteiger partial charge in [-0.05, 0) is 38.7 Å². The molecule has 1 heterocycles. The van der Waals surface area contributed by atoms with Crippen LogP contribution in [0.5, 0.6) is 0 Å². The van der Waals surface area contributed by atoms with Crippen molar-refractivity contribution in [1.29, 1.82) is 0 Å². The van der Waals surface area contributed by atoms with Crippen LogP contribution in [0.25, 0.3) is 0 Å². The van der Waals surface area contributed by atoms with E-state index in [1.165, 1.54) is 12.7 Å². The zero-order valence-corrected chi connectivity index (χ0v) is 11.3. The molecular weight excluding hydrogens is 230 g/mol. The summed E-state index contributed by atoms with van der Waals surface area (Å²) in [6, 6.07) is 0. The Morgan fingerprint density at radius 3 is 2.89 bits per heavy atom. The lowest BCUT2D eigenvalue weighted by atomic mass is 9.93. The Morgan fingerprint density at radius 1 is 1.56 bits per heavy atom. The van der Waals surface area contributed by atoms with Gasteiger partial charge in [0.1, 0.15) is 0 Å². The molecule has 0 saturated heterocycles. The van der Waals surface area contributed by atoms with Crippen LogP contribution in [-0.4, -0.2) is 22.8 Å². The van der Waals surface area contributed by atoms with Gasteiger partial charge in [0, 0.05) is 24.5 Å². The highest BCUT2D eigenvalue weighted by molar-refractivity contribution is 5.75. The zero-order valence-electron chi connectivity index (χ0n) is 11.3. The number of hydrogen-bond donors (Lipinski definition) is 1. The van der Waals surface area contributed by atoms with Crippen molar-refractivity contribution >= 4 is 5.97 Å². The van der Waals surface area contributed by atoms with Gasteiger partial charge in [0.2, 0.25) is 0 Å². The number of esters is 1. The molecule has 0 bridgehead atoms. The van der Waals surface area contributed by atoms with Gasteiger partial charge in [0.15, 0.2) is 0 Å². The number of aryl methyl sites for hydroxylation is 1. The highest BCUT2D eigenvalue weighted by Gasteiger charge is 2.30. The van der Waals surface area contributed by atoms with Gasteiger partial charge < -0.3 is 14.4 Å². The number of rotatable bonds is 3. The summed E-state index contributed by atoms with van der Waals surface area (Å²) in [5.41, 5.74) is 1.66. The summed E-state index contributed by atoms with van der Waals surface area (Å²) in [5, 5.41) is 9.92. The Balaban J connectivity index is 2.18. The Bertz CT molecular complexity index is 448.